The van der Waals surface area contributed by atoms with Crippen LogP contribution in [-0.4, -0.2) is 22.9 Å². The van der Waals surface area contributed by atoms with Gasteiger partial charge in [-0.1, -0.05) is 13.0 Å². The van der Waals surface area contributed by atoms with Crippen molar-refractivity contribution < 1.29 is 9.53 Å². The zero-order valence-electron chi connectivity index (χ0n) is 10.4. The highest BCUT2D eigenvalue weighted by atomic mass is 16.5. The van der Waals surface area contributed by atoms with Crippen LogP contribution in [0.3, 0.4) is 0 Å². The highest BCUT2D eigenvalue weighted by molar-refractivity contribution is 6.08. The SMILES string of the molecule is CCc1cccnc1C(=O)c1ncccc1OC. The van der Waals surface area contributed by atoms with Crippen molar-refractivity contribution in [3.05, 3.63) is 53.6 Å². The fourth-order valence-corrected chi connectivity index (χ4v) is 1.77. The minimum atomic E-state index is -0.204. The lowest BCUT2D eigenvalue weighted by Gasteiger charge is -2.08. The standard InChI is InChI=1S/C14H14N2O2/c1-3-10-6-4-8-15-12(10)14(17)13-11(18-2)7-5-9-16-13/h4-9H,3H2,1-2H3. The van der Waals surface area contributed by atoms with E-state index >= 15 is 0 Å². The Morgan fingerprint density at radius 1 is 1.17 bits per heavy atom. The van der Waals surface area contributed by atoms with E-state index in [1.807, 2.05) is 19.1 Å². The van der Waals surface area contributed by atoms with Crippen LogP contribution in [0, 0.1) is 0 Å². The van der Waals surface area contributed by atoms with E-state index in [1.165, 1.54) is 7.11 Å². The van der Waals surface area contributed by atoms with Gasteiger partial charge in [-0.3, -0.25) is 9.78 Å². The van der Waals surface area contributed by atoms with E-state index in [2.05, 4.69) is 9.97 Å². The number of ether oxygens (including phenoxy) is 1. The molecular formula is C14H14N2O2. The molecule has 0 aliphatic carbocycles. The molecule has 4 heteroatoms. The molecule has 2 aromatic rings. The van der Waals surface area contributed by atoms with E-state index in [-0.39, 0.29) is 5.78 Å². The van der Waals surface area contributed by atoms with Gasteiger partial charge < -0.3 is 4.74 Å². The Morgan fingerprint density at radius 2 is 1.83 bits per heavy atom. The average molecular weight is 242 g/mol. The minimum Gasteiger partial charge on any atom is -0.494 e. The molecule has 0 aliphatic heterocycles. The highest BCUT2D eigenvalue weighted by Gasteiger charge is 2.19. The summed E-state index contributed by atoms with van der Waals surface area (Å²) in [5.41, 5.74) is 1.65. The molecular weight excluding hydrogens is 228 g/mol. The lowest BCUT2D eigenvalue weighted by atomic mass is 10.1. The van der Waals surface area contributed by atoms with Crippen molar-refractivity contribution in [2.24, 2.45) is 0 Å². The van der Waals surface area contributed by atoms with Gasteiger partial charge in [0, 0.05) is 12.4 Å². The second-order valence-corrected chi connectivity index (χ2v) is 3.75. The Labute approximate surface area is 106 Å². The van der Waals surface area contributed by atoms with Crippen LogP contribution < -0.4 is 4.74 Å². The van der Waals surface area contributed by atoms with Crippen LogP contribution in [-0.2, 0) is 6.42 Å². The molecule has 0 spiro atoms. The third-order valence-electron chi connectivity index (χ3n) is 2.69. The summed E-state index contributed by atoms with van der Waals surface area (Å²) in [6.45, 7) is 1.99. The van der Waals surface area contributed by atoms with E-state index in [9.17, 15) is 4.79 Å². The van der Waals surface area contributed by atoms with Gasteiger partial charge in [0.15, 0.2) is 5.69 Å². The van der Waals surface area contributed by atoms with Crippen LogP contribution in [0.5, 0.6) is 5.75 Å². The lowest BCUT2D eigenvalue weighted by Crippen LogP contribution is -2.10. The molecule has 0 aromatic carbocycles. The quantitative estimate of drug-likeness (QED) is 0.772. The molecule has 0 unspecified atom stereocenters. The summed E-state index contributed by atoms with van der Waals surface area (Å²) in [6.07, 6.45) is 3.94. The van der Waals surface area contributed by atoms with Crippen LogP contribution in [0.25, 0.3) is 0 Å². The Hall–Kier alpha value is -2.23. The summed E-state index contributed by atoms with van der Waals surface area (Å²) in [4.78, 5) is 20.6. The van der Waals surface area contributed by atoms with Gasteiger partial charge in [-0.05, 0) is 30.2 Å². The Kier molecular flexibility index (Phi) is 3.67. The molecule has 0 bridgehead atoms. The van der Waals surface area contributed by atoms with Crippen molar-refractivity contribution in [2.45, 2.75) is 13.3 Å². The second kappa shape index (κ2) is 5.40. The molecule has 0 radical (unpaired) electrons. The molecule has 0 fully saturated rings. The van der Waals surface area contributed by atoms with Gasteiger partial charge in [-0.25, -0.2) is 4.98 Å². The first kappa shape index (κ1) is 12.2. The molecule has 2 aromatic heterocycles. The summed E-state index contributed by atoms with van der Waals surface area (Å²) < 4.78 is 5.15. The van der Waals surface area contributed by atoms with E-state index < -0.39 is 0 Å². The number of hydrogen-bond acceptors (Lipinski definition) is 4. The predicted molar refractivity (Wildman–Crippen MR) is 67.8 cm³/mol. The number of nitrogens with zero attached hydrogens (tertiary/aromatic N) is 2. The predicted octanol–water partition coefficient (Wildman–Crippen LogP) is 2.28. The molecule has 0 amide bonds. The number of aromatic nitrogens is 2. The monoisotopic (exact) mass is 242 g/mol. The average Bonchev–Trinajstić information content (AvgIpc) is 2.46. The van der Waals surface area contributed by atoms with E-state index in [4.69, 9.17) is 4.74 Å². The topological polar surface area (TPSA) is 52.1 Å². The minimum absolute atomic E-state index is 0.204. The number of ketones is 1. The zero-order valence-corrected chi connectivity index (χ0v) is 10.4. The smallest absolute Gasteiger partial charge is 0.233 e. The second-order valence-electron chi connectivity index (χ2n) is 3.75. The molecule has 0 N–H and O–H groups in total. The fraction of sp³-hybridized carbons (Fsp3) is 0.214. The maximum Gasteiger partial charge on any atom is 0.233 e. The first-order valence-corrected chi connectivity index (χ1v) is 5.75. The number of carbonyl (C=O) groups excluding carboxylic acids is 1. The summed E-state index contributed by atoms with van der Waals surface area (Å²) in [7, 11) is 1.52. The Balaban J connectivity index is 2.48. The molecule has 0 atom stereocenters. The van der Waals surface area contributed by atoms with Crippen LogP contribution in [0.4, 0.5) is 0 Å². The normalized spacial score (nSPS) is 10.1. The fourth-order valence-electron chi connectivity index (χ4n) is 1.77. The Bertz CT molecular complexity index is 518. The van der Waals surface area contributed by atoms with Gasteiger partial charge in [0.1, 0.15) is 11.4 Å². The molecule has 92 valence electrons. The van der Waals surface area contributed by atoms with Gasteiger partial charge in [0.25, 0.3) is 0 Å². The van der Waals surface area contributed by atoms with Gasteiger partial charge >= 0.3 is 0 Å². The number of pyridine rings is 2. The van der Waals surface area contributed by atoms with Crippen LogP contribution in [0.2, 0.25) is 0 Å². The molecule has 18 heavy (non-hydrogen) atoms. The molecule has 2 heterocycles. The van der Waals surface area contributed by atoms with Gasteiger partial charge in [-0.15, -0.1) is 0 Å². The summed E-state index contributed by atoms with van der Waals surface area (Å²) in [5, 5.41) is 0. The maximum absolute atomic E-state index is 12.4. The zero-order chi connectivity index (χ0) is 13.0. The summed E-state index contributed by atoms with van der Waals surface area (Å²) in [5.74, 6) is 0.264. The van der Waals surface area contributed by atoms with E-state index in [1.54, 1.807) is 24.5 Å². The number of hydrogen-bond donors (Lipinski definition) is 0. The number of aryl methyl sites for hydroxylation is 1. The third-order valence-corrected chi connectivity index (χ3v) is 2.69. The van der Waals surface area contributed by atoms with Crippen molar-refractivity contribution >= 4 is 5.78 Å². The van der Waals surface area contributed by atoms with Gasteiger partial charge in [-0.2, -0.15) is 0 Å². The largest absolute Gasteiger partial charge is 0.494 e. The van der Waals surface area contributed by atoms with E-state index in [0.29, 0.717) is 17.1 Å². The van der Waals surface area contributed by atoms with Crippen molar-refractivity contribution in [1.29, 1.82) is 0 Å². The number of rotatable bonds is 4. The summed E-state index contributed by atoms with van der Waals surface area (Å²) in [6, 6.07) is 7.17. The molecule has 4 nitrogen and oxygen atoms in total. The number of methoxy groups -OCH3 is 1. The first-order valence-electron chi connectivity index (χ1n) is 5.75. The van der Waals surface area contributed by atoms with Gasteiger partial charge in [0.05, 0.1) is 7.11 Å². The lowest BCUT2D eigenvalue weighted by molar-refractivity contribution is 0.102. The van der Waals surface area contributed by atoms with Crippen LogP contribution in [0.1, 0.15) is 28.7 Å². The first-order chi connectivity index (χ1) is 8.77. The van der Waals surface area contributed by atoms with Crippen molar-refractivity contribution in [3.8, 4) is 5.75 Å². The third kappa shape index (κ3) is 2.22. The van der Waals surface area contributed by atoms with Crippen molar-refractivity contribution in [2.75, 3.05) is 7.11 Å². The molecule has 2 rings (SSSR count). The maximum atomic E-state index is 12.4. The molecule has 0 saturated carbocycles. The van der Waals surface area contributed by atoms with Crippen LogP contribution in [0.15, 0.2) is 36.7 Å². The molecule has 0 aliphatic rings. The highest BCUT2D eigenvalue weighted by Crippen LogP contribution is 2.19. The molecule has 0 saturated heterocycles. The van der Waals surface area contributed by atoms with Gasteiger partial charge in [0.2, 0.25) is 5.78 Å². The Morgan fingerprint density at radius 3 is 2.50 bits per heavy atom. The van der Waals surface area contributed by atoms with Crippen molar-refractivity contribution in [3.63, 3.8) is 0 Å². The summed E-state index contributed by atoms with van der Waals surface area (Å²) >= 11 is 0. The van der Waals surface area contributed by atoms with E-state index in [0.717, 1.165) is 12.0 Å². The van der Waals surface area contributed by atoms with Crippen LogP contribution >= 0.6 is 0 Å². The number of carbonyl (C=O) groups is 1. The van der Waals surface area contributed by atoms with Crippen molar-refractivity contribution in [1.82, 2.24) is 9.97 Å².